The Balaban J connectivity index is 1.96. The number of rotatable bonds is 6. The van der Waals surface area contributed by atoms with Gasteiger partial charge in [0.1, 0.15) is 12.4 Å². The maximum absolute atomic E-state index is 11.9. The summed E-state index contributed by atoms with van der Waals surface area (Å²) in [5, 5.41) is 11.7. The standard InChI is InChI=1S/C15H15N3O3/c19-14(12-8-16-10-17-9-12)18-13(15(20)21)7-6-11-4-2-1-3-5-11/h1-5,8-10,13H,6-7H2,(H,18,19)(H,20,21). The molecule has 0 radical (unpaired) electrons. The molecule has 21 heavy (non-hydrogen) atoms. The van der Waals surface area contributed by atoms with Crippen molar-refractivity contribution < 1.29 is 14.7 Å². The Morgan fingerprint density at radius 3 is 2.43 bits per heavy atom. The van der Waals surface area contributed by atoms with Crippen molar-refractivity contribution in [1.29, 1.82) is 0 Å². The van der Waals surface area contributed by atoms with Gasteiger partial charge in [-0.3, -0.25) is 4.79 Å². The molecular formula is C15H15N3O3. The summed E-state index contributed by atoms with van der Waals surface area (Å²) in [5.74, 6) is -1.55. The highest BCUT2D eigenvalue weighted by atomic mass is 16.4. The summed E-state index contributed by atoms with van der Waals surface area (Å²) < 4.78 is 0. The number of hydrogen-bond acceptors (Lipinski definition) is 4. The summed E-state index contributed by atoms with van der Waals surface area (Å²) in [7, 11) is 0. The smallest absolute Gasteiger partial charge is 0.326 e. The van der Waals surface area contributed by atoms with Crippen LogP contribution in [0.25, 0.3) is 0 Å². The van der Waals surface area contributed by atoms with E-state index in [1.807, 2.05) is 30.3 Å². The van der Waals surface area contributed by atoms with E-state index in [0.717, 1.165) is 5.56 Å². The minimum Gasteiger partial charge on any atom is -0.480 e. The van der Waals surface area contributed by atoms with Crippen molar-refractivity contribution >= 4 is 11.9 Å². The van der Waals surface area contributed by atoms with Crippen LogP contribution in [0.15, 0.2) is 49.1 Å². The van der Waals surface area contributed by atoms with Gasteiger partial charge < -0.3 is 10.4 Å². The number of benzene rings is 1. The molecule has 2 aromatic rings. The van der Waals surface area contributed by atoms with Gasteiger partial charge in [0.15, 0.2) is 0 Å². The summed E-state index contributed by atoms with van der Waals surface area (Å²) in [6.45, 7) is 0. The molecule has 0 bridgehead atoms. The fourth-order valence-electron chi connectivity index (χ4n) is 1.87. The third-order valence-corrected chi connectivity index (χ3v) is 2.99. The van der Waals surface area contributed by atoms with Gasteiger partial charge in [0.2, 0.25) is 0 Å². The number of carboxylic acids is 1. The second kappa shape index (κ2) is 7.14. The average Bonchev–Trinajstić information content (AvgIpc) is 2.52. The number of nitrogens with zero attached hydrogens (tertiary/aromatic N) is 2. The predicted octanol–water partition coefficient (Wildman–Crippen LogP) is 1.29. The van der Waals surface area contributed by atoms with Crippen LogP contribution in [0, 0.1) is 0 Å². The van der Waals surface area contributed by atoms with Gasteiger partial charge >= 0.3 is 5.97 Å². The van der Waals surface area contributed by atoms with Crippen LogP contribution in [-0.4, -0.2) is 33.0 Å². The van der Waals surface area contributed by atoms with Crippen LogP contribution in [0.1, 0.15) is 22.3 Å². The number of amides is 1. The number of nitrogens with one attached hydrogen (secondary N) is 1. The third kappa shape index (κ3) is 4.38. The van der Waals surface area contributed by atoms with Gasteiger partial charge in [-0.1, -0.05) is 30.3 Å². The maximum Gasteiger partial charge on any atom is 0.326 e. The Kier molecular flexibility index (Phi) is 4.98. The largest absolute Gasteiger partial charge is 0.480 e. The lowest BCUT2D eigenvalue weighted by Crippen LogP contribution is -2.41. The highest BCUT2D eigenvalue weighted by Gasteiger charge is 2.20. The zero-order valence-corrected chi connectivity index (χ0v) is 11.3. The third-order valence-electron chi connectivity index (χ3n) is 2.99. The Morgan fingerprint density at radius 1 is 1.14 bits per heavy atom. The summed E-state index contributed by atoms with van der Waals surface area (Å²) in [5.41, 5.74) is 1.27. The summed E-state index contributed by atoms with van der Waals surface area (Å²) in [6, 6.07) is 8.58. The van der Waals surface area contributed by atoms with Crippen LogP contribution in [0.2, 0.25) is 0 Å². The monoisotopic (exact) mass is 285 g/mol. The SMILES string of the molecule is O=C(NC(CCc1ccccc1)C(=O)O)c1cncnc1. The van der Waals surface area contributed by atoms with Crippen molar-refractivity contribution in [3.63, 3.8) is 0 Å². The van der Waals surface area contributed by atoms with E-state index >= 15 is 0 Å². The first-order chi connectivity index (χ1) is 10.2. The lowest BCUT2D eigenvalue weighted by molar-refractivity contribution is -0.139. The molecule has 6 heteroatoms. The van der Waals surface area contributed by atoms with E-state index in [1.54, 1.807) is 0 Å². The molecule has 1 aromatic carbocycles. The minimum atomic E-state index is -1.06. The molecule has 2 rings (SSSR count). The lowest BCUT2D eigenvalue weighted by atomic mass is 10.1. The fourth-order valence-corrected chi connectivity index (χ4v) is 1.87. The molecule has 0 saturated carbocycles. The number of aliphatic carboxylic acids is 1. The van der Waals surface area contributed by atoms with Crippen LogP contribution in [0.5, 0.6) is 0 Å². The van der Waals surface area contributed by atoms with E-state index in [2.05, 4.69) is 15.3 Å². The van der Waals surface area contributed by atoms with E-state index in [1.165, 1.54) is 18.7 Å². The maximum atomic E-state index is 11.9. The van der Waals surface area contributed by atoms with E-state index in [9.17, 15) is 14.7 Å². The molecule has 1 aromatic heterocycles. The highest BCUT2D eigenvalue weighted by Crippen LogP contribution is 2.06. The van der Waals surface area contributed by atoms with E-state index < -0.39 is 17.9 Å². The number of carbonyl (C=O) groups is 2. The van der Waals surface area contributed by atoms with E-state index in [-0.39, 0.29) is 5.56 Å². The number of carboxylic acid groups (broad SMARTS) is 1. The van der Waals surface area contributed by atoms with Crippen LogP contribution in [0.3, 0.4) is 0 Å². The lowest BCUT2D eigenvalue weighted by Gasteiger charge is -2.14. The van der Waals surface area contributed by atoms with Crippen molar-refractivity contribution in [2.45, 2.75) is 18.9 Å². The molecule has 0 spiro atoms. The van der Waals surface area contributed by atoms with Crippen LogP contribution < -0.4 is 5.32 Å². The van der Waals surface area contributed by atoms with Crippen molar-refractivity contribution in [2.24, 2.45) is 0 Å². The van der Waals surface area contributed by atoms with Crippen LogP contribution >= 0.6 is 0 Å². The topological polar surface area (TPSA) is 92.2 Å². The van der Waals surface area contributed by atoms with Gasteiger partial charge in [0, 0.05) is 12.4 Å². The minimum absolute atomic E-state index is 0.239. The Morgan fingerprint density at radius 2 is 1.81 bits per heavy atom. The fraction of sp³-hybridized carbons (Fsp3) is 0.200. The number of hydrogen-bond donors (Lipinski definition) is 2. The first-order valence-corrected chi connectivity index (χ1v) is 6.49. The molecule has 0 aliphatic rings. The summed E-state index contributed by atoms with van der Waals surface area (Å²) >= 11 is 0. The Bertz CT molecular complexity index is 602. The van der Waals surface area contributed by atoms with Gasteiger partial charge in [-0.15, -0.1) is 0 Å². The highest BCUT2D eigenvalue weighted by molar-refractivity contribution is 5.96. The average molecular weight is 285 g/mol. The summed E-state index contributed by atoms with van der Waals surface area (Å²) in [4.78, 5) is 30.6. The molecule has 1 heterocycles. The summed E-state index contributed by atoms with van der Waals surface area (Å²) in [6.07, 6.45) is 4.89. The van der Waals surface area contributed by atoms with Gasteiger partial charge in [-0.25, -0.2) is 14.8 Å². The van der Waals surface area contributed by atoms with Crippen LogP contribution in [0.4, 0.5) is 0 Å². The molecule has 1 amide bonds. The molecule has 1 atom stereocenters. The van der Waals surface area contributed by atoms with Gasteiger partial charge in [0.25, 0.3) is 5.91 Å². The molecule has 6 nitrogen and oxygen atoms in total. The van der Waals surface area contributed by atoms with Gasteiger partial charge in [-0.05, 0) is 18.4 Å². The first-order valence-electron chi connectivity index (χ1n) is 6.49. The van der Waals surface area contributed by atoms with Gasteiger partial charge in [-0.2, -0.15) is 0 Å². The van der Waals surface area contributed by atoms with Crippen molar-refractivity contribution in [3.8, 4) is 0 Å². The van der Waals surface area contributed by atoms with E-state index in [0.29, 0.717) is 12.8 Å². The molecule has 0 saturated heterocycles. The number of aromatic nitrogens is 2. The normalized spacial score (nSPS) is 11.6. The molecule has 0 fully saturated rings. The van der Waals surface area contributed by atoms with Gasteiger partial charge in [0.05, 0.1) is 5.56 Å². The zero-order valence-electron chi connectivity index (χ0n) is 11.3. The number of carbonyl (C=O) groups excluding carboxylic acids is 1. The second-order valence-corrected chi connectivity index (χ2v) is 4.52. The van der Waals surface area contributed by atoms with Crippen LogP contribution in [-0.2, 0) is 11.2 Å². The van der Waals surface area contributed by atoms with Crippen molar-refractivity contribution in [2.75, 3.05) is 0 Å². The van der Waals surface area contributed by atoms with E-state index in [4.69, 9.17) is 0 Å². The predicted molar refractivity (Wildman–Crippen MR) is 75.7 cm³/mol. The molecule has 1 unspecified atom stereocenters. The molecule has 108 valence electrons. The molecule has 0 aliphatic carbocycles. The first kappa shape index (κ1) is 14.6. The second-order valence-electron chi connectivity index (χ2n) is 4.52. The quantitative estimate of drug-likeness (QED) is 0.834. The number of aryl methyl sites for hydroxylation is 1. The molecule has 0 aliphatic heterocycles. The Labute approximate surface area is 121 Å². The van der Waals surface area contributed by atoms with Crippen molar-refractivity contribution in [3.05, 3.63) is 60.2 Å². The Hall–Kier alpha value is -2.76. The van der Waals surface area contributed by atoms with Crippen molar-refractivity contribution in [1.82, 2.24) is 15.3 Å². The molecule has 2 N–H and O–H groups in total. The molecular weight excluding hydrogens is 270 g/mol. The zero-order chi connectivity index (χ0) is 15.1.